The number of benzene rings is 2. The summed E-state index contributed by atoms with van der Waals surface area (Å²) in [5.74, 6) is -1.13. The van der Waals surface area contributed by atoms with Crippen LogP contribution in [0.4, 0.5) is 17.2 Å². The zero-order valence-electron chi connectivity index (χ0n) is 33.0. The summed E-state index contributed by atoms with van der Waals surface area (Å²) >= 11 is 0. The van der Waals surface area contributed by atoms with E-state index in [4.69, 9.17) is 6.57 Å². The molecule has 3 aromatic rings. The molecular weight excluding hydrogens is 737 g/mol. The van der Waals surface area contributed by atoms with E-state index in [9.17, 15) is 28.8 Å². The van der Waals surface area contributed by atoms with Crippen molar-refractivity contribution in [2.75, 3.05) is 49.1 Å². The molecule has 9 rings (SSSR count). The largest absolute Gasteiger partial charge is 0.371 e. The van der Waals surface area contributed by atoms with Gasteiger partial charge in [-0.05, 0) is 116 Å². The third kappa shape index (κ3) is 6.55. The normalized spacial score (nSPS) is 23.4. The van der Waals surface area contributed by atoms with Gasteiger partial charge in [0, 0.05) is 76.1 Å². The van der Waals surface area contributed by atoms with Crippen LogP contribution in [-0.2, 0) is 29.7 Å². The van der Waals surface area contributed by atoms with Crippen LogP contribution in [0.25, 0.3) is 4.85 Å². The van der Waals surface area contributed by atoms with Crippen LogP contribution >= 0.6 is 0 Å². The first kappa shape index (κ1) is 37.7. The number of amides is 5. The van der Waals surface area contributed by atoms with Crippen molar-refractivity contribution in [2.45, 2.75) is 77.0 Å². The summed E-state index contributed by atoms with van der Waals surface area (Å²) in [7, 11) is 1.67. The Labute approximate surface area is 337 Å². The number of fused-ring (bicyclic) bond motifs is 2. The van der Waals surface area contributed by atoms with Gasteiger partial charge in [-0.2, -0.15) is 0 Å². The topological polar surface area (TPSA) is 140 Å². The first-order valence-electron chi connectivity index (χ1n) is 20.5. The number of likely N-dealkylation sites (tertiary alicyclic amines) is 1. The van der Waals surface area contributed by atoms with Gasteiger partial charge in [0.05, 0.1) is 18.2 Å². The molecule has 58 heavy (non-hydrogen) atoms. The minimum absolute atomic E-state index is 0.0574. The van der Waals surface area contributed by atoms with Gasteiger partial charge < -0.3 is 19.5 Å². The van der Waals surface area contributed by atoms with Crippen molar-refractivity contribution in [3.05, 3.63) is 98.1 Å². The predicted octanol–water partition coefficient (Wildman–Crippen LogP) is 4.09. The molecule has 0 aliphatic carbocycles. The molecule has 0 saturated carbocycles. The van der Waals surface area contributed by atoms with E-state index in [2.05, 4.69) is 43.9 Å². The Kier molecular flexibility index (Phi) is 9.46. The molecule has 0 radical (unpaired) electrons. The minimum atomic E-state index is -0.972. The summed E-state index contributed by atoms with van der Waals surface area (Å²) in [4.78, 5) is 90.8. The van der Waals surface area contributed by atoms with Crippen LogP contribution in [0.5, 0.6) is 0 Å². The lowest BCUT2D eigenvalue weighted by Gasteiger charge is -2.40. The molecule has 4 saturated heterocycles. The number of aromatic nitrogens is 1. The molecule has 1 aromatic heterocycles. The summed E-state index contributed by atoms with van der Waals surface area (Å²) in [6.45, 7) is 15.8. The van der Waals surface area contributed by atoms with Crippen molar-refractivity contribution in [3.63, 3.8) is 0 Å². The van der Waals surface area contributed by atoms with Crippen LogP contribution in [0.2, 0.25) is 0 Å². The van der Waals surface area contributed by atoms with Crippen molar-refractivity contribution in [1.29, 1.82) is 0 Å². The Morgan fingerprint density at radius 2 is 1.53 bits per heavy atom. The molecule has 14 heteroatoms. The molecule has 1 spiro atoms. The summed E-state index contributed by atoms with van der Waals surface area (Å²) in [6.07, 6.45) is 5.11. The molecule has 2 atom stereocenters. The average Bonchev–Trinajstić information content (AvgIpc) is 3.84. The lowest BCUT2D eigenvalue weighted by Crippen LogP contribution is -2.54. The molecule has 5 amide bonds. The highest BCUT2D eigenvalue weighted by Gasteiger charge is 2.47. The Morgan fingerprint density at radius 1 is 0.879 bits per heavy atom. The van der Waals surface area contributed by atoms with E-state index >= 15 is 0 Å². The Hall–Kier alpha value is -5.81. The first-order valence-corrected chi connectivity index (χ1v) is 20.5. The maximum atomic E-state index is 13.6. The van der Waals surface area contributed by atoms with E-state index in [1.54, 1.807) is 25.2 Å². The molecule has 2 aromatic carbocycles. The van der Waals surface area contributed by atoms with E-state index in [1.165, 1.54) is 4.57 Å². The number of piperidine rings is 3. The summed E-state index contributed by atoms with van der Waals surface area (Å²) in [5.41, 5.74) is 5.19. The van der Waals surface area contributed by atoms with Gasteiger partial charge in [0.25, 0.3) is 17.7 Å². The van der Waals surface area contributed by atoms with Crippen molar-refractivity contribution in [3.8, 4) is 0 Å². The highest BCUT2D eigenvalue weighted by Crippen LogP contribution is 2.45. The van der Waals surface area contributed by atoms with Crippen LogP contribution < -0.4 is 20.7 Å². The highest BCUT2D eigenvalue weighted by molar-refractivity contribution is 6.23. The fourth-order valence-corrected chi connectivity index (χ4v) is 10.4. The third-order valence-electron chi connectivity index (χ3n) is 13.7. The lowest BCUT2D eigenvalue weighted by atomic mass is 9.76. The highest BCUT2D eigenvalue weighted by atomic mass is 16.2. The fourth-order valence-electron chi connectivity index (χ4n) is 10.4. The quantitative estimate of drug-likeness (QED) is 0.289. The van der Waals surface area contributed by atoms with Crippen LogP contribution in [0, 0.1) is 17.9 Å². The van der Waals surface area contributed by atoms with Gasteiger partial charge in [0.15, 0.2) is 0 Å². The zero-order valence-corrected chi connectivity index (χ0v) is 33.0. The smallest absolute Gasteiger partial charge is 0.341 e. The van der Waals surface area contributed by atoms with Gasteiger partial charge in [-0.1, -0.05) is 6.57 Å². The number of carbonyl (C=O) groups excluding carboxylic acids is 5. The van der Waals surface area contributed by atoms with E-state index in [0.717, 1.165) is 80.0 Å². The average molecular weight is 785 g/mol. The number of anilines is 2. The number of rotatable bonds is 6. The molecule has 4 fully saturated rings. The van der Waals surface area contributed by atoms with Crippen LogP contribution in [0.3, 0.4) is 0 Å². The first-order chi connectivity index (χ1) is 27.9. The molecule has 1 unspecified atom stereocenters. The maximum absolute atomic E-state index is 13.6. The molecule has 7 heterocycles. The van der Waals surface area contributed by atoms with Crippen LogP contribution in [0.1, 0.15) is 94.1 Å². The number of pyridine rings is 1. The van der Waals surface area contributed by atoms with E-state index in [0.29, 0.717) is 60.3 Å². The number of hydrogen-bond acceptors (Lipinski definition) is 9. The van der Waals surface area contributed by atoms with Gasteiger partial charge in [-0.3, -0.25) is 43.7 Å². The van der Waals surface area contributed by atoms with Crippen molar-refractivity contribution < 1.29 is 24.0 Å². The van der Waals surface area contributed by atoms with E-state index in [1.807, 2.05) is 23.1 Å². The standard InChI is InChI=1S/C44H48N8O6/c1-27-22-44(26-51(27)36-8-10-37(45-2)47(3)43(36)58)14-18-49(19-15-44)32-6-4-29(5-7-32)40(55)50-16-12-28(13-17-50)23-48-24-30-20-33-34(21-31(30)25-48)42(57)52(41(33)56)35-9-11-38(53)46-39(35)54/h4-8,10,20-21,27-28,35H,9,11-19,22-26H2,1,3H3,(H,46,53,54)/t27-,35?/m0/s1. The zero-order chi connectivity index (χ0) is 40.5. The number of nitrogens with one attached hydrogen (secondary N) is 1. The summed E-state index contributed by atoms with van der Waals surface area (Å²) in [5, 5.41) is 2.24. The Morgan fingerprint density at radius 3 is 2.16 bits per heavy atom. The number of nitrogens with zero attached hydrogens (tertiary/aromatic N) is 7. The van der Waals surface area contributed by atoms with Gasteiger partial charge in [-0.25, -0.2) is 4.79 Å². The Balaban J connectivity index is 0.749. The van der Waals surface area contributed by atoms with Gasteiger partial charge in [-0.15, -0.1) is 0 Å². The van der Waals surface area contributed by atoms with Gasteiger partial charge in [0.2, 0.25) is 17.6 Å². The van der Waals surface area contributed by atoms with Crippen molar-refractivity contribution in [1.82, 2.24) is 24.6 Å². The van der Waals surface area contributed by atoms with Crippen LogP contribution in [0.15, 0.2) is 53.3 Å². The molecule has 0 bridgehead atoms. The molecule has 1 N–H and O–H groups in total. The molecule has 6 aliphatic heterocycles. The number of imide groups is 2. The molecule has 300 valence electrons. The van der Waals surface area contributed by atoms with E-state index < -0.39 is 29.7 Å². The van der Waals surface area contributed by atoms with Gasteiger partial charge in [0.1, 0.15) is 11.7 Å². The monoisotopic (exact) mass is 784 g/mol. The summed E-state index contributed by atoms with van der Waals surface area (Å²) < 4.78 is 1.44. The molecular formula is C44H48N8O6. The van der Waals surface area contributed by atoms with Crippen molar-refractivity contribution in [2.24, 2.45) is 18.4 Å². The maximum Gasteiger partial charge on any atom is 0.341 e. The van der Waals surface area contributed by atoms with Gasteiger partial charge >= 0.3 is 5.56 Å². The van der Waals surface area contributed by atoms with Crippen LogP contribution in [-0.4, -0.2) is 100 Å². The SMILES string of the molecule is [C-]#[N+]c1ccc(N2CC3(CCN(c4ccc(C(=O)N5CCC(CN6Cc7cc8c(cc7C6)C(=O)N(C6CCC(=O)NC6=O)C8=O)CC5)cc4)CC3)C[C@@H]2C)c(=O)n1C. The Bertz CT molecular complexity index is 2290. The predicted molar refractivity (Wildman–Crippen MR) is 216 cm³/mol. The molecule has 14 nitrogen and oxygen atoms in total. The molecule has 6 aliphatic rings. The second-order valence-corrected chi connectivity index (χ2v) is 17.3. The minimum Gasteiger partial charge on any atom is -0.371 e. The van der Waals surface area contributed by atoms with E-state index in [-0.39, 0.29) is 35.8 Å². The fraction of sp³-hybridized carbons (Fsp3) is 0.477. The number of hydrogen-bond donors (Lipinski definition) is 1. The third-order valence-corrected chi connectivity index (χ3v) is 13.7. The van der Waals surface area contributed by atoms with Crippen molar-refractivity contribution >= 4 is 46.7 Å². The lowest BCUT2D eigenvalue weighted by molar-refractivity contribution is -0.136. The number of carbonyl (C=O) groups is 5. The summed E-state index contributed by atoms with van der Waals surface area (Å²) in [6, 6.07) is 14.5. The second kappa shape index (κ2) is 14.5. The second-order valence-electron chi connectivity index (χ2n) is 17.3.